The number of amides is 2. The summed E-state index contributed by atoms with van der Waals surface area (Å²) >= 11 is 9.02. The quantitative estimate of drug-likeness (QED) is 0.0754. The molecule has 1 aliphatic heterocycles. The number of thiophene rings is 2. The van der Waals surface area contributed by atoms with Gasteiger partial charge in [-0.05, 0) is 130 Å². The first-order valence-corrected chi connectivity index (χ1v) is 28.1. The standard InChI is InChI=1S/C59H58ClF3N8O4S2/c1-64-39-9-13-41(14-10-39)70(58(72)56-53(47-29-69-47)51-44(61)5-4-6-50(51)76-56)31-37-24-34(8-20-49(37)75-3)43-28-65-22-21-35(43)27-68-40-11-15-42(16-12-40)71(59(73)57-54(60)52-45(62)17-18-46(63)55(52)77-57)30-36-23-33(7-19-48(36)74-2)38-25-66-32-67-26-38/h4-8,17-26,28,32,39-42,47,64,68-69H,9-16,27,29-31H2,1-3H3. The first kappa shape index (κ1) is 52.6. The Morgan fingerprint density at radius 3 is 1.94 bits per heavy atom. The largest absolute Gasteiger partial charge is 0.496 e. The molecular weight excluding hydrogens is 1040 g/mol. The summed E-state index contributed by atoms with van der Waals surface area (Å²) in [5.74, 6) is -0.900. The summed E-state index contributed by atoms with van der Waals surface area (Å²) in [5, 5.41) is 10.9. The summed E-state index contributed by atoms with van der Waals surface area (Å²) < 4.78 is 58.4. The van der Waals surface area contributed by atoms with Crippen molar-refractivity contribution in [2.45, 2.75) is 101 Å². The molecule has 2 amide bonds. The predicted molar refractivity (Wildman–Crippen MR) is 297 cm³/mol. The van der Waals surface area contributed by atoms with Crippen LogP contribution in [0.15, 0.2) is 104 Å². The van der Waals surface area contributed by atoms with Gasteiger partial charge in [-0.15, -0.1) is 22.7 Å². The third-order valence-electron chi connectivity index (χ3n) is 15.7. The number of benzene rings is 4. The zero-order valence-electron chi connectivity index (χ0n) is 42.9. The number of pyridine rings is 1. The SMILES string of the molecule is CNC1CCC(N(Cc2cc(-c3cnccc3CNC3CCC(N(Cc4cc(-c5cncnc5)ccc4OC)C(=O)c4sc5c(F)ccc(F)c5c4Cl)CC3)ccc2OC)C(=O)c2sc3cccc(F)c3c2C2CN2)CC1. The van der Waals surface area contributed by atoms with Gasteiger partial charge in [0.05, 0.1) is 34.2 Å². The Labute approximate surface area is 458 Å². The summed E-state index contributed by atoms with van der Waals surface area (Å²) in [5.41, 5.74) is 6.90. The van der Waals surface area contributed by atoms with Crippen molar-refractivity contribution in [2.75, 3.05) is 27.8 Å². The van der Waals surface area contributed by atoms with E-state index in [0.29, 0.717) is 60.3 Å². The van der Waals surface area contributed by atoms with Crippen molar-refractivity contribution < 1.29 is 32.2 Å². The number of hydrogen-bond donors (Lipinski definition) is 3. The van der Waals surface area contributed by atoms with Crippen LogP contribution >= 0.6 is 34.3 Å². The van der Waals surface area contributed by atoms with Gasteiger partial charge in [-0.2, -0.15) is 0 Å². The minimum atomic E-state index is -0.691. The van der Waals surface area contributed by atoms with E-state index in [0.717, 1.165) is 111 Å². The van der Waals surface area contributed by atoms with E-state index in [9.17, 15) is 4.79 Å². The average Bonchev–Trinajstić information content (AvgIpc) is 4.13. The lowest BCUT2D eigenvalue weighted by Crippen LogP contribution is -2.44. The van der Waals surface area contributed by atoms with Crippen molar-refractivity contribution in [1.82, 2.24) is 40.7 Å². The molecule has 3 N–H and O–H groups in total. The number of carbonyl (C=O) groups is 2. The van der Waals surface area contributed by atoms with Crippen molar-refractivity contribution >= 4 is 66.3 Å². The van der Waals surface area contributed by atoms with Gasteiger partial charge in [0, 0.05) is 119 Å². The van der Waals surface area contributed by atoms with Crippen molar-refractivity contribution in [3.8, 4) is 33.8 Å². The average molecular weight is 1100 g/mol. The van der Waals surface area contributed by atoms with E-state index in [1.165, 1.54) is 23.7 Å². The molecule has 11 rings (SSSR count). The first-order valence-electron chi connectivity index (χ1n) is 26.1. The van der Waals surface area contributed by atoms with Crippen molar-refractivity contribution in [3.05, 3.63) is 158 Å². The lowest BCUT2D eigenvalue weighted by molar-refractivity contribution is 0.0596. The molecule has 12 nitrogen and oxygen atoms in total. The van der Waals surface area contributed by atoms with E-state index in [1.54, 1.807) is 43.8 Å². The van der Waals surface area contributed by atoms with Gasteiger partial charge in [-0.3, -0.25) is 14.6 Å². The molecule has 4 aromatic carbocycles. The fraction of sp³-hybridized carbons (Fsp3) is 0.339. The van der Waals surface area contributed by atoms with Crippen LogP contribution in [0.3, 0.4) is 0 Å². The summed E-state index contributed by atoms with van der Waals surface area (Å²) in [7, 11) is 5.22. The number of nitrogens with zero attached hydrogens (tertiary/aromatic N) is 5. The van der Waals surface area contributed by atoms with Crippen LogP contribution in [-0.4, -0.2) is 88.5 Å². The highest BCUT2D eigenvalue weighted by Crippen LogP contribution is 2.44. The second-order valence-electron chi connectivity index (χ2n) is 20.2. The number of carbonyl (C=O) groups excluding carboxylic acids is 2. The molecule has 77 heavy (non-hydrogen) atoms. The van der Waals surface area contributed by atoms with Crippen LogP contribution < -0.4 is 25.4 Å². The number of halogens is 4. The Morgan fingerprint density at radius 2 is 1.30 bits per heavy atom. The van der Waals surface area contributed by atoms with Gasteiger partial charge < -0.3 is 35.2 Å². The van der Waals surface area contributed by atoms with E-state index in [4.69, 9.17) is 21.1 Å². The molecule has 4 aromatic heterocycles. The molecule has 1 saturated heterocycles. The molecule has 8 aromatic rings. The van der Waals surface area contributed by atoms with Crippen molar-refractivity contribution in [3.63, 3.8) is 0 Å². The third kappa shape index (κ3) is 10.8. The molecule has 0 spiro atoms. The number of nitrogens with one attached hydrogen (secondary N) is 3. The van der Waals surface area contributed by atoms with Gasteiger partial charge >= 0.3 is 0 Å². The molecule has 2 aliphatic carbocycles. The molecule has 3 aliphatic rings. The Hall–Kier alpha value is -6.47. The van der Waals surface area contributed by atoms with Gasteiger partial charge in [0.2, 0.25) is 0 Å². The van der Waals surface area contributed by atoms with Gasteiger partial charge in [0.15, 0.2) is 0 Å². The van der Waals surface area contributed by atoms with E-state index in [1.807, 2.05) is 60.6 Å². The van der Waals surface area contributed by atoms with E-state index in [-0.39, 0.29) is 62.4 Å². The predicted octanol–water partition coefficient (Wildman–Crippen LogP) is 12.3. The minimum absolute atomic E-state index is 0.00203. The number of rotatable bonds is 17. The highest BCUT2D eigenvalue weighted by molar-refractivity contribution is 7.21. The van der Waals surface area contributed by atoms with Crippen molar-refractivity contribution in [1.29, 1.82) is 0 Å². The van der Waals surface area contributed by atoms with Gasteiger partial charge in [-0.1, -0.05) is 29.8 Å². The zero-order valence-corrected chi connectivity index (χ0v) is 45.3. The third-order valence-corrected chi connectivity index (χ3v) is 18.5. The highest BCUT2D eigenvalue weighted by Gasteiger charge is 2.38. The molecule has 18 heteroatoms. The number of ether oxygens (including phenoxy) is 2. The molecule has 5 heterocycles. The van der Waals surface area contributed by atoms with E-state index in [2.05, 4.69) is 37.0 Å². The van der Waals surface area contributed by atoms with E-state index >= 15 is 18.0 Å². The molecular formula is C59H58ClF3N8O4S2. The Balaban J connectivity index is 0.835. The van der Waals surface area contributed by atoms with E-state index < -0.39 is 17.5 Å². The van der Waals surface area contributed by atoms with Crippen molar-refractivity contribution in [2.24, 2.45) is 0 Å². The van der Waals surface area contributed by atoms with Crippen LogP contribution in [0.5, 0.6) is 11.5 Å². The summed E-state index contributed by atoms with van der Waals surface area (Å²) in [4.78, 5) is 47.4. The summed E-state index contributed by atoms with van der Waals surface area (Å²) in [6.45, 7) is 1.69. The topological polar surface area (TPSA) is 144 Å². The Kier molecular flexibility index (Phi) is 15.6. The number of hydrogen-bond acceptors (Lipinski definition) is 12. The molecule has 0 radical (unpaired) electrons. The molecule has 0 bridgehead atoms. The summed E-state index contributed by atoms with van der Waals surface area (Å²) in [6, 6.07) is 21.1. The lowest BCUT2D eigenvalue weighted by atomic mass is 9.89. The minimum Gasteiger partial charge on any atom is -0.496 e. The van der Waals surface area contributed by atoms with Crippen LogP contribution in [0, 0.1) is 17.5 Å². The monoisotopic (exact) mass is 1100 g/mol. The number of fused-ring (bicyclic) bond motifs is 2. The molecule has 398 valence electrons. The normalized spacial score (nSPS) is 19.3. The Bertz CT molecular complexity index is 3470. The van der Waals surface area contributed by atoms with Crippen LogP contribution in [0.2, 0.25) is 5.02 Å². The summed E-state index contributed by atoms with van der Waals surface area (Å²) in [6.07, 6.45) is 14.9. The second-order valence-corrected chi connectivity index (χ2v) is 22.6. The van der Waals surface area contributed by atoms with Gasteiger partial charge in [0.1, 0.15) is 40.2 Å². The maximum absolute atomic E-state index is 15.5. The molecule has 3 fully saturated rings. The van der Waals surface area contributed by atoms with Crippen LogP contribution in [0.4, 0.5) is 13.2 Å². The Morgan fingerprint density at radius 1 is 0.688 bits per heavy atom. The first-order chi connectivity index (χ1) is 37.5. The number of aromatic nitrogens is 3. The molecule has 2 saturated carbocycles. The fourth-order valence-electron chi connectivity index (χ4n) is 11.4. The zero-order chi connectivity index (χ0) is 53.3. The highest BCUT2D eigenvalue weighted by atomic mass is 35.5. The van der Waals surface area contributed by atoms with Gasteiger partial charge in [-0.25, -0.2) is 23.1 Å². The molecule has 1 unspecified atom stereocenters. The maximum Gasteiger partial charge on any atom is 0.266 e. The van der Waals surface area contributed by atoms with Crippen LogP contribution in [-0.2, 0) is 19.6 Å². The van der Waals surface area contributed by atoms with Crippen LogP contribution in [0.1, 0.15) is 99.0 Å². The smallest absolute Gasteiger partial charge is 0.266 e. The molecule has 1 atom stereocenters. The van der Waals surface area contributed by atoms with Crippen LogP contribution in [0.25, 0.3) is 42.4 Å². The maximum atomic E-state index is 15.5. The number of methoxy groups -OCH3 is 2. The fourth-order valence-corrected chi connectivity index (χ4v) is 14.2. The second kappa shape index (κ2) is 22.9. The van der Waals surface area contributed by atoms with Gasteiger partial charge in [0.25, 0.3) is 11.8 Å². The lowest BCUT2D eigenvalue weighted by Gasteiger charge is -2.37.